The largest absolute Gasteiger partial charge is 0.310 e. The summed E-state index contributed by atoms with van der Waals surface area (Å²) < 4.78 is 1.95. The SMILES string of the molecule is CCCn1nncc1-c1cc(Cl)ccc1CNC1CC1. The smallest absolute Gasteiger partial charge is 0.0889 e. The van der Waals surface area contributed by atoms with E-state index in [-0.39, 0.29) is 0 Å². The molecule has 0 unspecified atom stereocenters. The lowest BCUT2D eigenvalue weighted by molar-refractivity contribution is 0.583. The first-order valence-electron chi connectivity index (χ1n) is 7.18. The Kier molecular flexibility index (Phi) is 4.03. The summed E-state index contributed by atoms with van der Waals surface area (Å²) in [6, 6.07) is 6.74. The maximum atomic E-state index is 6.17. The molecule has 0 amide bonds. The van der Waals surface area contributed by atoms with E-state index in [1.54, 1.807) is 0 Å². The minimum Gasteiger partial charge on any atom is -0.310 e. The van der Waals surface area contributed by atoms with Gasteiger partial charge in [0.15, 0.2) is 0 Å². The van der Waals surface area contributed by atoms with Crippen molar-refractivity contribution in [1.29, 1.82) is 0 Å². The molecule has 0 atom stereocenters. The van der Waals surface area contributed by atoms with Crippen LogP contribution < -0.4 is 5.32 Å². The third-order valence-corrected chi connectivity index (χ3v) is 3.79. The van der Waals surface area contributed by atoms with E-state index >= 15 is 0 Å². The average molecular weight is 291 g/mol. The molecule has 1 aromatic heterocycles. The third-order valence-electron chi connectivity index (χ3n) is 3.56. The van der Waals surface area contributed by atoms with Crippen molar-refractivity contribution in [2.75, 3.05) is 0 Å². The topological polar surface area (TPSA) is 42.7 Å². The number of hydrogen-bond donors (Lipinski definition) is 1. The van der Waals surface area contributed by atoms with E-state index in [1.165, 1.54) is 18.4 Å². The highest BCUT2D eigenvalue weighted by atomic mass is 35.5. The summed E-state index contributed by atoms with van der Waals surface area (Å²) in [5.74, 6) is 0. The standard InChI is InChI=1S/C15H19ClN4/c1-2-7-20-15(10-18-19-20)14-8-12(16)4-3-11(14)9-17-13-5-6-13/h3-4,8,10,13,17H,2,5-7,9H2,1H3. The molecule has 1 aromatic carbocycles. The summed E-state index contributed by atoms with van der Waals surface area (Å²) in [5, 5.41) is 12.5. The highest BCUT2D eigenvalue weighted by molar-refractivity contribution is 6.30. The number of nitrogens with one attached hydrogen (secondary N) is 1. The fraction of sp³-hybridized carbons (Fsp3) is 0.467. The van der Waals surface area contributed by atoms with Crippen LogP contribution in [0.4, 0.5) is 0 Å². The Bertz CT molecular complexity index is 589. The van der Waals surface area contributed by atoms with E-state index in [9.17, 15) is 0 Å². The van der Waals surface area contributed by atoms with Gasteiger partial charge in [-0.25, -0.2) is 4.68 Å². The Morgan fingerprint density at radius 1 is 1.40 bits per heavy atom. The van der Waals surface area contributed by atoms with E-state index in [2.05, 4.69) is 28.6 Å². The summed E-state index contributed by atoms with van der Waals surface area (Å²) in [4.78, 5) is 0. The second-order valence-electron chi connectivity index (χ2n) is 5.30. The molecule has 0 spiro atoms. The van der Waals surface area contributed by atoms with Gasteiger partial charge in [-0.05, 0) is 37.0 Å². The molecule has 0 radical (unpaired) electrons. The lowest BCUT2D eigenvalue weighted by atomic mass is 10.0. The predicted octanol–water partition coefficient (Wildman–Crippen LogP) is 3.26. The first kappa shape index (κ1) is 13.6. The van der Waals surface area contributed by atoms with Gasteiger partial charge in [-0.2, -0.15) is 0 Å². The molecule has 5 heteroatoms. The van der Waals surface area contributed by atoms with E-state index in [4.69, 9.17) is 11.6 Å². The van der Waals surface area contributed by atoms with Crippen LogP contribution in [-0.4, -0.2) is 21.0 Å². The highest BCUT2D eigenvalue weighted by Gasteiger charge is 2.21. The predicted molar refractivity (Wildman–Crippen MR) is 80.6 cm³/mol. The van der Waals surface area contributed by atoms with Crippen molar-refractivity contribution >= 4 is 11.6 Å². The number of rotatable bonds is 6. The molecule has 0 saturated heterocycles. The molecular formula is C15H19ClN4. The summed E-state index contributed by atoms with van der Waals surface area (Å²) in [6.45, 7) is 3.88. The Morgan fingerprint density at radius 2 is 2.25 bits per heavy atom. The molecule has 1 fully saturated rings. The maximum absolute atomic E-state index is 6.17. The van der Waals surface area contributed by atoms with Gasteiger partial charge in [0.2, 0.25) is 0 Å². The molecule has 1 heterocycles. The Morgan fingerprint density at radius 3 is 3.00 bits per heavy atom. The van der Waals surface area contributed by atoms with Crippen molar-refractivity contribution in [3.8, 4) is 11.3 Å². The summed E-state index contributed by atoms with van der Waals surface area (Å²) in [6.07, 6.45) is 5.44. The van der Waals surface area contributed by atoms with Crippen LogP contribution in [0, 0.1) is 0 Å². The second-order valence-corrected chi connectivity index (χ2v) is 5.74. The van der Waals surface area contributed by atoms with Crippen LogP contribution >= 0.6 is 11.6 Å². The number of halogens is 1. The average Bonchev–Trinajstić information content (AvgIpc) is 3.16. The van der Waals surface area contributed by atoms with Gasteiger partial charge in [-0.15, -0.1) is 5.10 Å². The number of benzene rings is 1. The van der Waals surface area contributed by atoms with Crippen LogP contribution in [0.1, 0.15) is 31.7 Å². The highest BCUT2D eigenvalue weighted by Crippen LogP contribution is 2.28. The molecule has 1 aliphatic rings. The normalized spacial score (nSPS) is 14.7. The number of hydrogen-bond acceptors (Lipinski definition) is 3. The van der Waals surface area contributed by atoms with Crippen LogP contribution in [0.25, 0.3) is 11.3 Å². The van der Waals surface area contributed by atoms with Crippen molar-refractivity contribution in [3.63, 3.8) is 0 Å². The fourth-order valence-electron chi connectivity index (χ4n) is 2.33. The van der Waals surface area contributed by atoms with Crippen LogP contribution in [0.15, 0.2) is 24.4 Å². The lowest BCUT2D eigenvalue weighted by Crippen LogP contribution is -2.16. The molecule has 1 aliphatic carbocycles. The molecule has 4 nitrogen and oxygen atoms in total. The third kappa shape index (κ3) is 3.02. The lowest BCUT2D eigenvalue weighted by Gasteiger charge is -2.12. The van der Waals surface area contributed by atoms with Crippen LogP contribution in [0.2, 0.25) is 5.02 Å². The molecular weight excluding hydrogens is 272 g/mol. The van der Waals surface area contributed by atoms with Crippen molar-refractivity contribution in [2.24, 2.45) is 0 Å². The Balaban J connectivity index is 1.92. The summed E-state index contributed by atoms with van der Waals surface area (Å²) in [5.41, 5.74) is 3.42. The quantitative estimate of drug-likeness (QED) is 0.888. The van der Waals surface area contributed by atoms with Gasteiger partial charge in [-0.3, -0.25) is 0 Å². The van der Waals surface area contributed by atoms with E-state index in [1.807, 2.05) is 23.0 Å². The van der Waals surface area contributed by atoms with Crippen LogP contribution in [0.5, 0.6) is 0 Å². The van der Waals surface area contributed by atoms with Crippen molar-refractivity contribution in [1.82, 2.24) is 20.3 Å². The van der Waals surface area contributed by atoms with Gasteiger partial charge in [0.1, 0.15) is 0 Å². The number of nitrogens with zero attached hydrogens (tertiary/aromatic N) is 3. The number of aryl methyl sites for hydroxylation is 1. The zero-order valence-electron chi connectivity index (χ0n) is 11.6. The van der Waals surface area contributed by atoms with Crippen LogP contribution in [-0.2, 0) is 13.1 Å². The zero-order chi connectivity index (χ0) is 13.9. The first-order valence-corrected chi connectivity index (χ1v) is 7.56. The van der Waals surface area contributed by atoms with E-state index in [0.717, 1.165) is 35.8 Å². The molecule has 2 aromatic rings. The van der Waals surface area contributed by atoms with E-state index in [0.29, 0.717) is 6.04 Å². The molecule has 106 valence electrons. The van der Waals surface area contributed by atoms with Gasteiger partial charge in [0.05, 0.1) is 11.9 Å². The minimum absolute atomic E-state index is 0.692. The molecule has 0 bridgehead atoms. The summed E-state index contributed by atoms with van der Waals surface area (Å²) in [7, 11) is 0. The fourth-order valence-corrected chi connectivity index (χ4v) is 2.50. The maximum Gasteiger partial charge on any atom is 0.0889 e. The van der Waals surface area contributed by atoms with Gasteiger partial charge < -0.3 is 5.32 Å². The molecule has 1 saturated carbocycles. The Labute approximate surface area is 124 Å². The van der Waals surface area contributed by atoms with Crippen molar-refractivity contribution < 1.29 is 0 Å². The zero-order valence-corrected chi connectivity index (χ0v) is 12.4. The Hall–Kier alpha value is -1.39. The van der Waals surface area contributed by atoms with E-state index < -0.39 is 0 Å². The van der Waals surface area contributed by atoms with Crippen LogP contribution in [0.3, 0.4) is 0 Å². The van der Waals surface area contributed by atoms with Crippen molar-refractivity contribution in [3.05, 3.63) is 35.0 Å². The molecule has 20 heavy (non-hydrogen) atoms. The van der Waals surface area contributed by atoms with Gasteiger partial charge >= 0.3 is 0 Å². The van der Waals surface area contributed by atoms with Gasteiger partial charge in [0, 0.05) is 29.7 Å². The van der Waals surface area contributed by atoms with Crippen molar-refractivity contribution in [2.45, 2.75) is 45.3 Å². The molecule has 3 rings (SSSR count). The number of aromatic nitrogens is 3. The van der Waals surface area contributed by atoms with Gasteiger partial charge in [0.25, 0.3) is 0 Å². The minimum atomic E-state index is 0.692. The molecule has 1 N–H and O–H groups in total. The molecule has 0 aliphatic heterocycles. The first-order chi connectivity index (χ1) is 9.78. The van der Waals surface area contributed by atoms with Gasteiger partial charge in [-0.1, -0.05) is 29.8 Å². The monoisotopic (exact) mass is 290 g/mol. The summed E-state index contributed by atoms with van der Waals surface area (Å²) >= 11 is 6.17. The second kappa shape index (κ2) is 5.94.